The van der Waals surface area contributed by atoms with E-state index in [4.69, 9.17) is 23.2 Å². The molecule has 0 fully saturated rings. The Balaban J connectivity index is 2.26. The maximum Gasteiger partial charge on any atom is 0.0642 e. The predicted octanol–water partition coefficient (Wildman–Crippen LogP) is 4.78. The van der Waals surface area contributed by atoms with Gasteiger partial charge in [0.05, 0.1) is 10.7 Å². The maximum absolute atomic E-state index is 6.25. The Bertz CT molecular complexity index is 482. The number of alkyl halides is 1. The molecule has 90 valence electrons. The normalized spacial score (nSPS) is 10.5. The van der Waals surface area contributed by atoms with Crippen LogP contribution in [-0.4, -0.2) is 7.05 Å². The van der Waals surface area contributed by atoms with Gasteiger partial charge in [-0.25, -0.2) is 0 Å². The van der Waals surface area contributed by atoms with Crippen LogP contribution >= 0.6 is 34.5 Å². The fourth-order valence-corrected chi connectivity index (χ4v) is 3.04. The Morgan fingerprint density at radius 2 is 2.12 bits per heavy atom. The van der Waals surface area contributed by atoms with Crippen LogP contribution in [0.15, 0.2) is 35.0 Å². The first kappa shape index (κ1) is 12.7. The topological polar surface area (TPSA) is 3.24 Å². The van der Waals surface area contributed by atoms with Crippen LogP contribution < -0.4 is 4.90 Å². The summed E-state index contributed by atoms with van der Waals surface area (Å²) < 4.78 is 0. The van der Waals surface area contributed by atoms with Gasteiger partial charge in [0.15, 0.2) is 0 Å². The highest BCUT2D eigenvalue weighted by Gasteiger charge is 2.11. The molecule has 0 aliphatic carbocycles. The van der Waals surface area contributed by atoms with E-state index in [1.807, 2.05) is 25.2 Å². The first-order valence-electron chi connectivity index (χ1n) is 5.28. The number of nitrogens with zero attached hydrogens (tertiary/aromatic N) is 1. The molecule has 2 rings (SSSR count). The predicted molar refractivity (Wildman–Crippen MR) is 77.4 cm³/mol. The molecule has 0 saturated heterocycles. The Morgan fingerprint density at radius 3 is 2.76 bits per heavy atom. The summed E-state index contributed by atoms with van der Waals surface area (Å²) in [7, 11) is 2.04. The first-order valence-corrected chi connectivity index (χ1v) is 7.13. The van der Waals surface area contributed by atoms with E-state index in [0.29, 0.717) is 5.88 Å². The third kappa shape index (κ3) is 2.95. The lowest BCUT2D eigenvalue weighted by atomic mass is 10.1. The lowest BCUT2D eigenvalue weighted by Gasteiger charge is -2.22. The smallest absolute Gasteiger partial charge is 0.0642 e. The van der Waals surface area contributed by atoms with E-state index >= 15 is 0 Å². The maximum atomic E-state index is 6.25. The summed E-state index contributed by atoms with van der Waals surface area (Å²) in [6.45, 7) is 0.844. The van der Waals surface area contributed by atoms with Crippen molar-refractivity contribution in [3.05, 3.63) is 51.2 Å². The van der Waals surface area contributed by atoms with Gasteiger partial charge in [0.2, 0.25) is 0 Å². The van der Waals surface area contributed by atoms with Crippen molar-refractivity contribution in [2.75, 3.05) is 11.9 Å². The second-order valence-electron chi connectivity index (χ2n) is 3.87. The highest BCUT2D eigenvalue weighted by atomic mass is 35.5. The summed E-state index contributed by atoms with van der Waals surface area (Å²) in [5.74, 6) is 0.476. The van der Waals surface area contributed by atoms with Crippen molar-refractivity contribution < 1.29 is 0 Å². The van der Waals surface area contributed by atoms with Crippen molar-refractivity contribution in [2.45, 2.75) is 12.4 Å². The van der Waals surface area contributed by atoms with Crippen molar-refractivity contribution in [2.24, 2.45) is 0 Å². The van der Waals surface area contributed by atoms with Gasteiger partial charge < -0.3 is 4.90 Å². The summed E-state index contributed by atoms with van der Waals surface area (Å²) in [6.07, 6.45) is 0. The molecule has 0 unspecified atom stereocenters. The van der Waals surface area contributed by atoms with Crippen LogP contribution in [0.2, 0.25) is 5.02 Å². The number of hydrogen-bond acceptors (Lipinski definition) is 2. The molecule has 0 spiro atoms. The number of thiophene rings is 1. The third-order valence-corrected chi connectivity index (χ3v) is 3.92. The molecule has 4 heteroatoms. The molecule has 1 heterocycles. The molecule has 0 radical (unpaired) electrons. The number of rotatable bonds is 4. The lowest BCUT2D eigenvalue weighted by molar-refractivity contribution is 0.920. The fraction of sp³-hybridized carbons (Fsp3) is 0.231. The van der Waals surface area contributed by atoms with Crippen molar-refractivity contribution in [3.63, 3.8) is 0 Å². The van der Waals surface area contributed by atoms with Gasteiger partial charge in [-0.05, 0) is 34.0 Å². The van der Waals surface area contributed by atoms with Gasteiger partial charge in [-0.1, -0.05) is 23.7 Å². The van der Waals surface area contributed by atoms with Crippen LogP contribution in [0.4, 0.5) is 5.69 Å². The molecule has 0 saturated carbocycles. The Labute approximate surface area is 116 Å². The number of hydrogen-bond donors (Lipinski definition) is 0. The standard InChI is InChI=1S/C13H13Cl2NS/c1-16(8-10-5-6-17-9-10)13-11(7-14)3-2-4-12(13)15/h2-6,9H,7-8H2,1H3. The van der Waals surface area contributed by atoms with E-state index in [2.05, 4.69) is 21.7 Å². The molecule has 2 aromatic rings. The van der Waals surface area contributed by atoms with Crippen LogP contribution in [0, 0.1) is 0 Å². The number of para-hydroxylation sites is 1. The van der Waals surface area contributed by atoms with Gasteiger partial charge in [-0.15, -0.1) is 11.6 Å². The van der Waals surface area contributed by atoms with Crippen LogP contribution in [-0.2, 0) is 12.4 Å². The second-order valence-corrected chi connectivity index (χ2v) is 5.32. The molecule has 1 nitrogen and oxygen atoms in total. The van der Waals surface area contributed by atoms with E-state index in [1.54, 1.807) is 11.3 Å². The zero-order chi connectivity index (χ0) is 12.3. The van der Waals surface area contributed by atoms with E-state index in [0.717, 1.165) is 22.8 Å². The van der Waals surface area contributed by atoms with Gasteiger partial charge in [0.25, 0.3) is 0 Å². The molecule has 0 aliphatic heterocycles. The largest absolute Gasteiger partial charge is 0.369 e. The number of benzene rings is 1. The molecule has 0 amide bonds. The molecule has 1 aromatic heterocycles. The molecule has 1 aromatic carbocycles. The first-order chi connectivity index (χ1) is 8.22. The van der Waals surface area contributed by atoms with Crippen LogP contribution in [0.5, 0.6) is 0 Å². The molecule has 17 heavy (non-hydrogen) atoms. The highest BCUT2D eigenvalue weighted by Crippen LogP contribution is 2.31. The molecular formula is C13H13Cl2NS. The van der Waals surface area contributed by atoms with Crippen LogP contribution in [0.25, 0.3) is 0 Å². The van der Waals surface area contributed by atoms with E-state index in [9.17, 15) is 0 Å². The molecule has 0 atom stereocenters. The molecule has 0 N–H and O–H groups in total. The van der Waals surface area contributed by atoms with E-state index < -0.39 is 0 Å². The minimum absolute atomic E-state index is 0.476. The Kier molecular flexibility index (Phi) is 4.32. The summed E-state index contributed by atoms with van der Waals surface area (Å²) in [5, 5.41) is 4.98. The van der Waals surface area contributed by atoms with Gasteiger partial charge >= 0.3 is 0 Å². The molecule has 0 bridgehead atoms. The van der Waals surface area contributed by atoms with Crippen molar-refractivity contribution in [3.8, 4) is 0 Å². The Morgan fingerprint density at radius 1 is 1.29 bits per heavy atom. The van der Waals surface area contributed by atoms with Gasteiger partial charge in [0.1, 0.15) is 0 Å². The summed E-state index contributed by atoms with van der Waals surface area (Å²) in [6, 6.07) is 7.97. The Hall–Kier alpha value is -0.700. The fourth-order valence-electron chi connectivity index (χ4n) is 1.83. The summed E-state index contributed by atoms with van der Waals surface area (Å²) >= 11 is 13.9. The SMILES string of the molecule is CN(Cc1ccsc1)c1c(Cl)cccc1CCl. The van der Waals surface area contributed by atoms with Crippen LogP contribution in [0.1, 0.15) is 11.1 Å². The summed E-state index contributed by atoms with van der Waals surface area (Å²) in [5.41, 5.74) is 3.38. The van der Waals surface area contributed by atoms with Crippen molar-refractivity contribution in [1.29, 1.82) is 0 Å². The minimum Gasteiger partial charge on any atom is -0.369 e. The number of anilines is 1. The zero-order valence-corrected chi connectivity index (χ0v) is 11.8. The number of halogens is 2. The third-order valence-electron chi connectivity index (χ3n) is 2.60. The van der Waals surface area contributed by atoms with Crippen molar-refractivity contribution >= 4 is 40.2 Å². The minimum atomic E-state index is 0.476. The zero-order valence-electron chi connectivity index (χ0n) is 9.49. The average Bonchev–Trinajstić information content (AvgIpc) is 2.81. The van der Waals surface area contributed by atoms with Gasteiger partial charge in [0, 0.05) is 19.5 Å². The second kappa shape index (κ2) is 5.76. The van der Waals surface area contributed by atoms with E-state index in [-0.39, 0.29) is 0 Å². The van der Waals surface area contributed by atoms with E-state index in [1.165, 1.54) is 5.56 Å². The lowest BCUT2D eigenvalue weighted by Crippen LogP contribution is -2.17. The van der Waals surface area contributed by atoms with Crippen LogP contribution in [0.3, 0.4) is 0 Å². The average molecular weight is 286 g/mol. The van der Waals surface area contributed by atoms with Gasteiger partial charge in [-0.2, -0.15) is 11.3 Å². The van der Waals surface area contributed by atoms with Gasteiger partial charge in [-0.3, -0.25) is 0 Å². The highest BCUT2D eigenvalue weighted by molar-refractivity contribution is 7.07. The quantitative estimate of drug-likeness (QED) is 0.731. The molecular weight excluding hydrogens is 273 g/mol. The monoisotopic (exact) mass is 285 g/mol. The van der Waals surface area contributed by atoms with Crippen molar-refractivity contribution in [1.82, 2.24) is 0 Å². The summed E-state index contributed by atoms with van der Waals surface area (Å²) in [4.78, 5) is 2.14. The molecule has 0 aliphatic rings.